The van der Waals surface area contributed by atoms with Crippen LogP contribution in [0.4, 0.5) is 19.0 Å². The highest BCUT2D eigenvalue weighted by atomic mass is 127. The van der Waals surface area contributed by atoms with Gasteiger partial charge in [-0.05, 0) is 48.1 Å². The van der Waals surface area contributed by atoms with Crippen molar-refractivity contribution in [2.24, 2.45) is 0 Å². The molecule has 0 amide bonds. The van der Waals surface area contributed by atoms with Crippen LogP contribution in [0, 0.1) is 10.5 Å². The smallest absolute Gasteiger partial charge is 0.383 e. The SMILES string of the molecule is Cc1nn(C(C)c2ccccc2C(F)(F)F)c(N)c1I. The highest BCUT2D eigenvalue weighted by Gasteiger charge is 2.35. The molecule has 0 aliphatic carbocycles. The first-order chi connectivity index (χ1) is 9.23. The van der Waals surface area contributed by atoms with Gasteiger partial charge in [0.05, 0.1) is 20.9 Å². The number of rotatable bonds is 2. The Balaban J connectivity index is 2.54. The fourth-order valence-electron chi connectivity index (χ4n) is 2.09. The number of hydrogen-bond donors (Lipinski definition) is 1. The second-order valence-corrected chi connectivity index (χ2v) is 5.57. The van der Waals surface area contributed by atoms with Gasteiger partial charge in [0.1, 0.15) is 5.82 Å². The molecule has 0 spiro atoms. The zero-order valence-corrected chi connectivity index (χ0v) is 13.0. The number of hydrogen-bond acceptors (Lipinski definition) is 2. The predicted molar refractivity (Wildman–Crippen MR) is 79.4 cm³/mol. The van der Waals surface area contributed by atoms with Gasteiger partial charge in [0.15, 0.2) is 0 Å². The average Bonchev–Trinajstić information content (AvgIpc) is 2.65. The summed E-state index contributed by atoms with van der Waals surface area (Å²) in [5, 5.41) is 4.23. The van der Waals surface area contributed by atoms with Gasteiger partial charge in [-0.1, -0.05) is 18.2 Å². The van der Waals surface area contributed by atoms with Crippen LogP contribution < -0.4 is 5.73 Å². The Morgan fingerprint density at radius 3 is 2.40 bits per heavy atom. The van der Waals surface area contributed by atoms with Gasteiger partial charge in [0.25, 0.3) is 0 Å². The molecule has 1 heterocycles. The molecule has 2 rings (SSSR count). The van der Waals surface area contributed by atoms with Crippen molar-refractivity contribution < 1.29 is 13.2 Å². The Morgan fingerprint density at radius 1 is 1.30 bits per heavy atom. The molecular formula is C13H13F3IN3. The van der Waals surface area contributed by atoms with Crippen LogP contribution in [0.2, 0.25) is 0 Å². The van der Waals surface area contributed by atoms with E-state index >= 15 is 0 Å². The van der Waals surface area contributed by atoms with Gasteiger partial charge < -0.3 is 5.73 Å². The molecule has 7 heteroatoms. The van der Waals surface area contributed by atoms with Gasteiger partial charge in [-0.25, -0.2) is 4.68 Å². The molecule has 0 aliphatic rings. The van der Waals surface area contributed by atoms with E-state index in [-0.39, 0.29) is 5.56 Å². The van der Waals surface area contributed by atoms with Crippen molar-refractivity contribution in [1.82, 2.24) is 9.78 Å². The predicted octanol–water partition coefficient (Wildman–Crippen LogP) is 4.01. The summed E-state index contributed by atoms with van der Waals surface area (Å²) in [6.07, 6.45) is -4.39. The third kappa shape index (κ3) is 2.63. The van der Waals surface area contributed by atoms with Gasteiger partial charge in [-0.15, -0.1) is 0 Å². The summed E-state index contributed by atoms with van der Waals surface area (Å²) in [4.78, 5) is 0. The van der Waals surface area contributed by atoms with E-state index in [1.165, 1.54) is 16.8 Å². The number of anilines is 1. The van der Waals surface area contributed by atoms with Gasteiger partial charge >= 0.3 is 6.18 Å². The molecular weight excluding hydrogens is 382 g/mol. The quantitative estimate of drug-likeness (QED) is 0.782. The summed E-state index contributed by atoms with van der Waals surface area (Å²) >= 11 is 2.04. The molecule has 0 saturated heterocycles. The average molecular weight is 395 g/mol. The Bertz CT molecular complexity index is 634. The maximum Gasteiger partial charge on any atom is 0.416 e. The number of nitrogens with zero attached hydrogens (tertiary/aromatic N) is 2. The van der Waals surface area contributed by atoms with E-state index in [9.17, 15) is 13.2 Å². The third-order valence-corrected chi connectivity index (χ3v) is 4.46. The molecule has 0 aliphatic heterocycles. The molecule has 0 radical (unpaired) electrons. The van der Waals surface area contributed by atoms with E-state index in [1.807, 2.05) is 22.6 Å². The van der Waals surface area contributed by atoms with E-state index in [2.05, 4.69) is 5.10 Å². The van der Waals surface area contributed by atoms with Crippen LogP contribution in [0.25, 0.3) is 0 Å². The van der Waals surface area contributed by atoms with Crippen molar-refractivity contribution in [3.05, 3.63) is 44.7 Å². The summed E-state index contributed by atoms with van der Waals surface area (Å²) in [6.45, 7) is 3.43. The molecule has 2 N–H and O–H groups in total. The van der Waals surface area contributed by atoms with Crippen LogP contribution in [0.15, 0.2) is 24.3 Å². The minimum Gasteiger partial charge on any atom is -0.383 e. The molecule has 20 heavy (non-hydrogen) atoms. The van der Waals surface area contributed by atoms with Crippen LogP contribution in [0.5, 0.6) is 0 Å². The highest BCUT2D eigenvalue weighted by molar-refractivity contribution is 14.1. The number of benzene rings is 1. The fourth-order valence-corrected chi connectivity index (χ4v) is 2.45. The summed E-state index contributed by atoms with van der Waals surface area (Å²) in [6, 6.07) is 4.90. The van der Waals surface area contributed by atoms with E-state index in [4.69, 9.17) is 5.73 Å². The van der Waals surface area contributed by atoms with Crippen LogP contribution in [-0.2, 0) is 6.18 Å². The van der Waals surface area contributed by atoms with E-state index in [1.54, 1.807) is 19.9 Å². The Kier molecular flexibility index (Phi) is 3.99. The number of aryl methyl sites for hydroxylation is 1. The van der Waals surface area contributed by atoms with Crippen molar-refractivity contribution in [2.75, 3.05) is 5.73 Å². The number of aromatic nitrogens is 2. The second-order valence-electron chi connectivity index (χ2n) is 4.49. The largest absolute Gasteiger partial charge is 0.416 e. The standard InChI is InChI=1S/C13H13F3IN3/c1-7-11(17)12(18)20(19-7)8(2)9-5-3-4-6-10(9)13(14,15)16/h3-6,8H,18H2,1-2H3. The second kappa shape index (κ2) is 5.27. The van der Waals surface area contributed by atoms with E-state index in [0.29, 0.717) is 11.5 Å². The Hall–Kier alpha value is -1.25. The lowest BCUT2D eigenvalue weighted by Gasteiger charge is -2.19. The van der Waals surface area contributed by atoms with Gasteiger partial charge in [-0.2, -0.15) is 18.3 Å². The molecule has 1 aromatic carbocycles. The first-order valence-corrected chi connectivity index (χ1v) is 6.97. The normalized spacial score (nSPS) is 13.5. The molecule has 1 aromatic heterocycles. The van der Waals surface area contributed by atoms with Crippen LogP contribution in [-0.4, -0.2) is 9.78 Å². The molecule has 1 unspecified atom stereocenters. The maximum absolute atomic E-state index is 13.0. The molecule has 0 bridgehead atoms. The van der Waals surface area contributed by atoms with Gasteiger partial charge in [0.2, 0.25) is 0 Å². The van der Waals surface area contributed by atoms with Crippen molar-refractivity contribution in [3.8, 4) is 0 Å². The number of nitrogens with two attached hydrogens (primary N) is 1. The zero-order chi connectivity index (χ0) is 15.1. The third-order valence-electron chi connectivity index (χ3n) is 3.13. The van der Waals surface area contributed by atoms with Crippen molar-refractivity contribution in [3.63, 3.8) is 0 Å². The Morgan fingerprint density at radius 2 is 1.90 bits per heavy atom. The van der Waals surface area contributed by atoms with Gasteiger partial charge in [0, 0.05) is 0 Å². The lowest BCUT2D eigenvalue weighted by atomic mass is 10.0. The molecule has 108 valence electrons. The molecule has 2 aromatic rings. The highest BCUT2D eigenvalue weighted by Crippen LogP contribution is 2.36. The van der Waals surface area contributed by atoms with E-state index in [0.717, 1.165) is 9.64 Å². The summed E-state index contributed by atoms with van der Waals surface area (Å²) in [5.74, 6) is 0.382. The van der Waals surface area contributed by atoms with Crippen LogP contribution >= 0.6 is 22.6 Å². The molecule has 0 saturated carbocycles. The van der Waals surface area contributed by atoms with Crippen molar-refractivity contribution in [2.45, 2.75) is 26.1 Å². The summed E-state index contributed by atoms with van der Waals surface area (Å²) < 4.78 is 41.3. The molecule has 1 atom stereocenters. The lowest BCUT2D eigenvalue weighted by molar-refractivity contribution is -0.138. The molecule has 3 nitrogen and oxygen atoms in total. The van der Waals surface area contributed by atoms with Gasteiger partial charge in [-0.3, -0.25) is 0 Å². The topological polar surface area (TPSA) is 43.8 Å². The van der Waals surface area contributed by atoms with Crippen molar-refractivity contribution in [1.29, 1.82) is 0 Å². The van der Waals surface area contributed by atoms with Crippen LogP contribution in [0.3, 0.4) is 0 Å². The Labute approximate surface area is 128 Å². The van der Waals surface area contributed by atoms with Crippen molar-refractivity contribution >= 4 is 28.4 Å². The minimum atomic E-state index is -4.39. The molecule has 0 fully saturated rings. The monoisotopic (exact) mass is 395 g/mol. The fraction of sp³-hybridized carbons (Fsp3) is 0.308. The number of halogens is 4. The van der Waals surface area contributed by atoms with Crippen LogP contribution in [0.1, 0.15) is 29.8 Å². The maximum atomic E-state index is 13.0. The number of alkyl halides is 3. The zero-order valence-electron chi connectivity index (χ0n) is 10.9. The lowest BCUT2D eigenvalue weighted by Crippen LogP contribution is -2.17. The number of nitrogen functional groups attached to an aromatic ring is 1. The first-order valence-electron chi connectivity index (χ1n) is 5.89. The summed E-state index contributed by atoms with van der Waals surface area (Å²) in [5.41, 5.74) is 6.12. The first kappa shape index (κ1) is 15.1. The summed E-state index contributed by atoms with van der Waals surface area (Å²) in [7, 11) is 0. The minimum absolute atomic E-state index is 0.158. The van der Waals surface area contributed by atoms with E-state index < -0.39 is 17.8 Å².